The number of aliphatic imine (C=N–C) groups is 1. The summed E-state index contributed by atoms with van der Waals surface area (Å²) in [6, 6.07) is 11.1. The Labute approximate surface area is 148 Å². The summed E-state index contributed by atoms with van der Waals surface area (Å²) in [6.07, 6.45) is 1.11. The molecule has 1 saturated heterocycles. The summed E-state index contributed by atoms with van der Waals surface area (Å²) in [5, 5.41) is 2.04. The maximum absolute atomic E-state index is 14.0. The minimum atomic E-state index is -1.38. The van der Waals surface area contributed by atoms with Crippen LogP contribution in [0.1, 0.15) is 0 Å². The highest BCUT2D eigenvalue weighted by atomic mass is 19.1. The van der Waals surface area contributed by atoms with Gasteiger partial charge >= 0.3 is 6.03 Å². The average molecular weight is 355 g/mol. The lowest BCUT2D eigenvalue weighted by atomic mass is 10.1. The number of barbiturate groups is 1. The molecule has 1 aliphatic rings. The quantitative estimate of drug-likeness (QED) is 0.674. The van der Waals surface area contributed by atoms with Gasteiger partial charge in [-0.05, 0) is 24.3 Å². The summed E-state index contributed by atoms with van der Waals surface area (Å²) in [5.41, 5.74) is 0.170. The van der Waals surface area contributed by atoms with Crippen molar-refractivity contribution in [3.8, 4) is 5.75 Å². The van der Waals surface area contributed by atoms with E-state index in [0.717, 1.165) is 12.3 Å². The molecule has 0 unspecified atom stereocenters. The van der Waals surface area contributed by atoms with Crippen LogP contribution in [0.4, 0.5) is 20.6 Å². The largest absolute Gasteiger partial charge is 0.494 e. The fraction of sp³-hybridized carbons (Fsp3) is 0.111. The zero-order chi connectivity index (χ0) is 18.7. The maximum Gasteiger partial charge on any atom is 0.335 e. The number of para-hydroxylation sites is 3. The van der Waals surface area contributed by atoms with Crippen LogP contribution in [0.25, 0.3) is 0 Å². The predicted octanol–water partition coefficient (Wildman–Crippen LogP) is 2.44. The maximum atomic E-state index is 14.0. The number of imide groups is 2. The van der Waals surface area contributed by atoms with Gasteiger partial charge in [0, 0.05) is 6.21 Å². The van der Waals surface area contributed by atoms with E-state index < -0.39 is 29.6 Å². The molecule has 1 atom stereocenters. The number of nitrogens with one attached hydrogen (secondary N) is 1. The molecule has 0 aromatic heterocycles. The van der Waals surface area contributed by atoms with Crippen molar-refractivity contribution in [2.45, 2.75) is 0 Å². The van der Waals surface area contributed by atoms with Gasteiger partial charge in [0.1, 0.15) is 17.3 Å². The third-order valence-electron chi connectivity index (χ3n) is 3.74. The molecule has 2 aromatic rings. The highest BCUT2D eigenvalue weighted by Gasteiger charge is 2.41. The number of urea groups is 1. The lowest BCUT2D eigenvalue weighted by Crippen LogP contribution is -2.58. The van der Waals surface area contributed by atoms with Crippen LogP contribution >= 0.6 is 0 Å². The van der Waals surface area contributed by atoms with Crippen LogP contribution in [0.5, 0.6) is 5.75 Å². The molecule has 1 N–H and O–H groups in total. The second kappa shape index (κ2) is 7.14. The zero-order valence-corrected chi connectivity index (χ0v) is 13.7. The summed E-state index contributed by atoms with van der Waals surface area (Å²) in [4.78, 5) is 41.4. The number of rotatable bonds is 4. The van der Waals surface area contributed by atoms with E-state index in [9.17, 15) is 18.8 Å². The van der Waals surface area contributed by atoms with Crippen molar-refractivity contribution in [1.29, 1.82) is 0 Å². The van der Waals surface area contributed by atoms with E-state index in [1.165, 1.54) is 25.3 Å². The number of carbonyl (C=O) groups is 3. The Morgan fingerprint density at radius 3 is 2.54 bits per heavy atom. The molecular formula is C18H14FN3O4. The molecule has 7 nitrogen and oxygen atoms in total. The number of ether oxygens (including phenoxy) is 1. The summed E-state index contributed by atoms with van der Waals surface area (Å²) in [7, 11) is 1.46. The molecular weight excluding hydrogens is 341 g/mol. The molecule has 0 spiro atoms. The van der Waals surface area contributed by atoms with E-state index in [2.05, 4.69) is 4.99 Å². The first-order valence-corrected chi connectivity index (χ1v) is 7.63. The smallest absolute Gasteiger partial charge is 0.335 e. The Morgan fingerprint density at radius 1 is 1.12 bits per heavy atom. The van der Waals surface area contributed by atoms with Crippen LogP contribution in [0, 0.1) is 11.7 Å². The SMILES string of the molecule is COc1ccccc1N=C[C@@H]1C(=O)NC(=O)N(c2ccccc2F)C1=O. The lowest BCUT2D eigenvalue weighted by Gasteiger charge is -2.28. The Kier molecular flexibility index (Phi) is 4.74. The Bertz CT molecular complexity index is 913. The predicted molar refractivity (Wildman–Crippen MR) is 92.1 cm³/mol. The van der Waals surface area contributed by atoms with Gasteiger partial charge in [-0.3, -0.25) is 19.9 Å². The van der Waals surface area contributed by atoms with Gasteiger partial charge in [0.2, 0.25) is 5.91 Å². The topological polar surface area (TPSA) is 88.1 Å². The number of amides is 4. The first-order chi connectivity index (χ1) is 12.5. The lowest BCUT2D eigenvalue weighted by molar-refractivity contribution is -0.131. The van der Waals surface area contributed by atoms with Gasteiger partial charge in [0.15, 0.2) is 5.92 Å². The second-order valence-corrected chi connectivity index (χ2v) is 5.35. The van der Waals surface area contributed by atoms with Crippen molar-refractivity contribution >= 4 is 35.4 Å². The minimum Gasteiger partial charge on any atom is -0.494 e. The minimum absolute atomic E-state index is 0.238. The Balaban J connectivity index is 1.93. The van der Waals surface area contributed by atoms with Gasteiger partial charge in [-0.1, -0.05) is 24.3 Å². The van der Waals surface area contributed by atoms with E-state index in [1.54, 1.807) is 24.3 Å². The highest BCUT2D eigenvalue weighted by Crippen LogP contribution is 2.27. The number of hydrogen-bond acceptors (Lipinski definition) is 5. The van der Waals surface area contributed by atoms with Crippen LogP contribution in [0.2, 0.25) is 0 Å². The van der Waals surface area contributed by atoms with Gasteiger partial charge in [-0.25, -0.2) is 14.1 Å². The van der Waals surface area contributed by atoms with Crippen molar-refractivity contribution in [3.05, 3.63) is 54.3 Å². The monoisotopic (exact) mass is 355 g/mol. The standard InChI is InChI=1S/C18H14FN3O4/c1-26-15-9-5-3-7-13(15)20-10-11-16(23)21-18(25)22(17(11)24)14-8-4-2-6-12(14)19/h2-11H,1H3,(H,21,23,25)/t11-/m1/s1. The molecule has 4 amide bonds. The number of hydrogen-bond donors (Lipinski definition) is 1. The summed E-state index contributed by atoms with van der Waals surface area (Å²) < 4.78 is 19.1. The number of nitrogens with zero attached hydrogens (tertiary/aromatic N) is 2. The van der Waals surface area contributed by atoms with Crippen LogP contribution < -0.4 is 15.0 Å². The molecule has 1 fully saturated rings. The van der Waals surface area contributed by atoms with Crippen LogP contribution in [0.3, 0.4) is 0 Å². The molecule has 1 aliphatic heterocycles. The average Bonchev–Trinajstić information content (AvgIpc) is 2.63. The van der Waals surface area contributed by atoms with Crippen molar-refractivity contribution in [3.63, 3.8) is 0 Å². The first kappa shape index (κ1) is 17.3. The molecule has 0 radical (unpaired) electrons. The van der Waals surface area contributed by atoms with Crippen molar-refractivity contribution in [2.24, 2.45) is 10.9 Å². The molecule has 0 aliphatic carbocycles. The first-order valence-electron chi connectivity index (χ1n) is 7.63. The van der Waals surface area contributed by atoms with Crippen LogP contribution in [0.15, 0.2) is 53.5 Å². The third kappa shape index (κ3) is 3.16. The Morgan fingerprint density at radius 2 is 1.81 bits per heavy atom. The Hall–Kier alpha value is -3.55. The van der Waals surface area contributed by atoms with Crippen LogP contribution in [-0.2, 0) is 9.59 Å². The number of halogens is 1. The summed E-state index contributed by atoms with van der Waals surface area (Å²) >= 11 is 0. The summed E-state index contributed by atoms with van der Waals surface area (Å²) in [5.74, 6) is -3.40. The van der Waals surface area contributed by atoms with Gasteiger partial charge in [-0.15, -0.1) is 0 Å². The number of anilines is 1. The van der Waals surface area contributed by atoms with E-state index in [-0.39, 0.29) is 5.69 Å². The molecule has 0 bridgehead atoms. The van der Waals surface area contributed by atoms with E-state index >= 15 is 0 Å². The molecule has 8 heteroatoms. The summed E-state index contributed by atoms with van der Waals surface area (Å²) in [6.45, 7) is 0. The van der Waals surface area contributed by atoms with Crippen molar-refractivity contribution < 1.29 is 23.5 Å². The third-order valence-corrected chi connectivity index (χ3v) is 3.74. The van der Waals surface area contributed by atoms with E-state index in [4.69, 9.17) is 4.74 Å². The fourth-order valence-electron chi connectivity index (χ4n) is 2.47. The van der Waals surface area contributed by atoms with Crippen molar-refractivity contribution in [1.82, 2.24) is 5.32 Å². The van der Waals surface area contributed by atoms with Crippen molar-refractivity contribution in [2.75, 3.05) is 12.0 Å². The number of methoxy groups -OCH3 is 1. The molecule has 2 aromatic carbocycles. The van der Waals surface area contributed by atoms with E-state index in [1.807, 2.05) is 5.32 Å². The highest BCUT2D eigenvalue weighted by molar-refractivity contribution is 6.32. The number of benzene rings is 2. The van der Waals surface area contributed by atoms with Gasteiger partial charge < -0.3 is 4.74 Å². The molecule has 1 heterocycles. The second-order valence-electron chi connectivity index (χ2n) is 5.35. The van der Waals surface area contributed by atoms with Gasteiger partial charge in [0.05, 0.1) is 12.8 Å². The fourth-order valence-corrected chi connectivity index (χ4v) is 2.47. The van der Waals surface area contributed by atoms with Crippen LogP contribution in [-0.4, -0.2) is 31.2 Å². The molecule has 132 valence electrons. The van der Waals surface area contributed by atoms with Gasteiger partial charge in [0.25, 0.3) is 5.91 Å². The normalized spacial score (nSPS) is 17.5. The van der Waals surface area contributed by atoms with E-state index in [0.29, 0.717) is 16.3 Å². The number of carbonyl (C=O) groups excluding carboxylic acids is 3. The zero-order valence-electron chi connectivity index (χ0n) is 13.7. The molecule has 0 saturated carbocycles. The molecule has 26 heavy (non-hydrogen) atoms. The van der Waals surface area contributed by atoms with Gasteiger partial charge in [-0.2, -0.15) is 0 Å². The molecule has 3 rings (SSSR count).